The van der Waals surface area contributed by atoms with Crippen molar-refractivity contribution in [2.75, 3.05) is 13.2 Å². The molecule has 2 unspecified atom stereocenters. The zero-order valence-corrected chi connectivity index (χ0v) is 10.6. The van der Waals surface area contributed by atoms with E-state index in [0.29, 0.717) is 12.0 Å². The Morgan fingerprint density at radius 2 is 2.00 bits per heavy atom. The van der Waals surface area contributed by atoms with Gasteiger partial charge in [0.1, 0.15) is 0 Å². The standard InChI is InChI=1S/C12H25NO2/c1-9(8-14)7-13-10-6-11(2,3)15-12(10,4)5/h9-10,13-14H,6-8H2,1-5H3. The van der Waals surface area contributed by atoms with E-state index in [1.807, 2.05) is 6.92 Å². The Labute approximate surface area is 93.2 Å². The molecule has 0 spiro atoms. The minimum atomic E-state index is -0.112. The number of ether oxygens (including phenoxy) is 1. The lowest BCUT2D eigenvalue weighted by atomic mass is 9.94. The van der Waals surface area contributed by atoms with E-state index >= 15 is 0 Å². The Morgan fingerprint density at radius 3 is 2.40 bits per heavy atom. The second-order valence-corrected chi connectivity index (χ2v) is 5.92. The average Bonchev–Trinajstić information content (AvgIpc) is 2.29. The van der Waals surface area contributed by atoms with Gasteiger partial charge in [0.25, 0.3) is 0 Å². The zero-order valence-electron chi connectivity index (χ0n) is 10.6. The van der Waals surface area contributed by atoms with Crippen LogP contribution in [0.5, 0.6) is 0 Å². The van der Waals surface area contributed by atoms with Gasteiger partial charge >= 0.3 is 0 Å². The third-order valence-electron chi connectivity index (χ3n) is 3.10. The molecular formula is C12H25NO2. The lowest BCUT2D eigenvalue weighted by Gasteiger charge is -2.28. The molecule has 1 heterocycles. The molecule has 0 saturated carbocycles. The van der Waals surface area contributed by atoms with Crippen LogP contribution in [-0.2, 0) is 4.74 Å². The van der Waals surface area contributed by atoms with Gasteiger partial charge in [-0.1, -0.05) is 6.92 Å². The predicted octanol–water partition coefficient (Wildman–Crippen LogP) is 1.55. The normalized spacial score (nSPS) is 30.4. The van der Waals surface area contributed by atoms with Crippen molar-refractivity contribution in [3.05, 3.63) is 0 Å². The van der Waals surface area contributed by atoms with Gasteiger partial charge in [0, 0.05) is 19.2 Å². The predicted molar refractivity (Wildman–Crippen MR) is 61.9 cm³/mol. The van der Waals surface area contributed by atoms with Crippen LogP contribution in [0.2, 0.25) is 0 Å². The number of aliphatic hydroxyl groups is 1. The summed E-state index contributed by atoms with van der Waals surface area (Å²) < 4.78 is 5.99. The fraction of sp³-hybridized carbons (Fsp3) is 1.00. The average molecular weight is 215 g/mol. The van der Waals surface area contributed by atoms with Crippen LogP contribution in [0.3, 0.4) is 0 Å². The van der Waals surface area contributed by atoms with Crippen LogP contribution in [0.25, 0.3) is 0 Å². The highest BCUT2D eigenvalue weighted by Crippen LogP contribution is 2.37. The van der Waals surface area contributed by atoms with Gasteiger partial charge in [0.15, 0.2) is 0 Å². The fourth-order valence-corrected chi connectivity index (χ4v) is 2.29. The first kappa shape index (κ1) is 12.9. The summed E-state index contributed by atoms with van der Waals surface area (Å²) in [5, 5.41) is 12.5. The molecule has 0 amide bonds. The molecule has 0 aromatic carbocycles. The second kappa shape index (κ2) is 4.40. The molecule has 1 saturated heterocycles. The van der Waals surface area contributed by atoms with E-state index in [1.54, 1.807) is 0 Å². The summed E-state index contributed by atoms with van der Waals surface area (Å²) in [5.41, 5.74) is -0.151. The maximum absolute atomic E-state index is 8.97. The Bertz CT molecular complexity index is 214. The molecule has 3 nitrogen and oxygen atoms in total. The van der Waals surface area contributed by atoms with E-state index in [2.05, 4.69) is 33.0 Å². The molecule has 0 radical (unpaired) electrons. The third-order valence-corrected chi connectivity index (χ3v) is 3.10. The van der Waals surface area contributed by atoms with Crippen LogP contribution >= 0.6 is 0 Å². The number of nitrogens with one attached hydrogen (secondary N) is 1. The van der Waals surface area contributed by atoms with Crippen LogP contribution in [0.15, 0.2) is 0 Å². The molecule has 0 aliphatic carbocycles. The second-order valence-electron chi connectivity index (χ2n) is 5.92. The highest BCUT2D eigenvalue weighted by Gasteiger charge is 2.45. The quantitative estimate of drug-likeness (QED) is 0.747. The van der Waals surface area contributed by atoms with Gasteiger partial charge in [-0.05, 0) is 40.0 Å². The van der Waals surface area contributed by atoms with E-state index < -0.39 is 0 Å². The van der Waals surface area contributed by atoms with E-state index in [4.69, 9.17) is 9.84 Å². The summed E-state index contributed by atoms with van der Waals surface area (Å²) in [6, 6.07) is 0.376. The Hall–Kier alpha value is -0.120. The first-order chi connectivity index (χ1) is 6.77. The SMILES string of the molecule is CC(CO)CNC1CC(C)(C)OC1(C)C. The largest absolute Gasteiger partial charge is 0.396 e. The van der Waals surface area contributed by atoms with Crippen molar-refractivity contribution in [1.82, 2.24) is 5.32 Å². The summed E-state index contributed by atoms with van der Waals surface area (Å²) >= 11 is 0. The Morgan fingerprint density at radius 1 is 1.40 bits per heavy atom. The Balaban J connectivity index is 2.48. The third kappa shape index (κ3) is 3.44. The molecule has 0 aromatic heterocycles. The van der Waals surface area contributed by atoms with E-state index in [1.165, 1.54) is 0 Å². The first-order valence-electron chi connectivity index (χ1n) is 5.81. The number of hydrogen-bond donors (Lipinski definition) is 2. The molecule has 1 rings (SSSR count). The molecule has 0 bridgehead atoms. The van der Waals surface area contributed by atoms with Gasteiger partial charge in [-0.2, -0.15) is 0 Å². The molecule has 1 aliphatic rings. The van der Waals surface area contributed by atoms with Gasteiger partial charge in [0.05, 0.1) is 11.2 Å². The number of hydrogen-bond acceptors (Lipinski definition) is 3. The van der Waals surface area contributed by atoms with Crippen molar-refractivity contribution in [2.45, 2.75) is 58.3 Å². The molecular weight excluding hydrogens is 190 g/mol. The Kier molecular flexibility index (Phi) is 3.80. The monoisotopic (exact) mass is 215 g/mol. The maximum Gasteiger partial charge on any atom is 0.0787 e. The first-order valence-corrected chi connectivity index (χ1v) is 5.81. The van der Waals surface area contributed by atoms with E-state index in [-0.39, 0.29) is 17.8 Å². The zero-order chi connectivity index (χ0) is 11.7. The highest BCUT2D eigenvalue weighted by atomic mass is 16.5. The van der Waals surface area contributed by atoms with Gasteiger partial charge in [-0.15, -0.1) is 0 Å². The fourth-order valence-electron chi connectivity index (χ4n) is 2.29. The lowest BCUT2D eigenvalue weighted by molar-refractivity contribution is -0.0700. The van der Waals surface area contributed by atoms with Gasteiger partial charge in [0.2, 0.25) is 0 Å². The minimum Gasteiger partial charge on any atom is -0.396 e. The van der Waals surface area contributed by atoms with Crippen LogP contribution in [0.1, 0.15) is 41.0 Å². The minimum absolute atomic E-state index is 0.0381. The highest BCUT2D eigenvalue weighted by molar-refractivity contribution is 4.98. The van der Waals surface area contributed by atoms with Gasteiger partial charge < -0.3 is 15.2 Å². The van der Waals surface area contributed by atoms with Crippen LogP contribution < -0.4 is 5.32 Å². The molecule has 3 heteroatoms. The smallest absolute Gasteiger partial charge is 0.0787 e. The molecule has 15 heavy (non-hydrogen) atoms. The summed E-state index contributed by atoms with van der Waals surface area (Å²) in [7, 11) is 0. The molecule has 1 fully saturated rings. The molecule has 2 atom stereocenters. The molecule has 1 aliphatic heterocycles. The van der Waals surface area contributed by atoms with Crippen molar-refractivity contribution in [2.24, 2.45) is 5.92 Å². The molecule has 90 valence electrons. The van der Waals surface area contributed by atoms with Gasteiger partial charge in [-0.25, -0.2) is 0 Å². The van der Waals surface area contributed by atoms with Crippen LogP contribution in [-0.4, -0.2) is 35.5 Å². The van der Waals surface area contributed by atoms with Crippen molar-refractivity contribution in [3.8, 4) is 0 Å². The van der Waals surface area contributed by atoms with E-state index in [0.717, 1.165) is 13.0 Å². The van der Waals surface area contributed by atoms with Crippen molar-refractivity contribution < 1.29 is 9.84 Å². The lowest BCUT2D eigenvalue weighted by Crippen LogP contribution is -2.45. The topological polar surface area (TPSA) is 41.5 Å². The van der Waals surface area contributed by atoms with E-state index in [9.17, 15) is 0 Å². The van der Waals surface area contributed by atoms with Crippen molar-refractivity contribution in [1.29, 1.82) is 0 Å². The summed E-state index contributed by atoms with van der Waals surface area (Å²) in [6.07, 6.45) is 1.03. The van der Waals surface area contributed by atoms with Crippen LogP contribution in [0.4, 0.5) is 0 Å². The summed E-state index contributed by atoms with van der Waals surface area (Å²) in [5.74, 6) is 0.310. The van der Waals surface area contributed by atoms with Crippen molar-refractivity contribution >= 4 is 0 Å². The maximum atomic E-state index is 8.97. The summed E-state index contributed by atoms with van der Waals surface area (Å²) in [4.78, 5) is 0. The van der Waals surface area contributed by atoms with Crippen molar-refractivity contribution in [3.63, 3.8) is 0 Å². The number of rotatable bonds is 4. The summed E-state index contributed by atoms with van der Waals surface area (Å²) in [6.45, 7) is 11.7. The van der Waals surface area contributed by atoms with Gasteiger partial charge in [-0.3, -0.25) is 0 Å². The number of aliphatic hydroxyl groups excluding tert-OH is 1. The molecule has 0 aromatic rings. The molecule has 2 N–H and O–H groups in total. The van der Waals surface area contributed by atoms with Crippen LogP contribution in [0, 0.1) is 5.92 Å².